The van der Waals surface area contributed by atoms with Crippen LogP contribution in [0.2, 0.25) is 5.02 Å². The molecule has 0 aliphatic rings. The fourth-order valence-corrected chi connectivity index (χ4v) is 2.56. The maximum Gasteiger partial charge on any atom is 0.340 e. The summed E-state index contributed by atoms with van der Waals surface area (Å²) < 4.78 is 27.7. The van der Waals surface area contributed by atoms with E-state index in [2.05, 4.69) is 0 Å². The molecule has 0 saturated heterocycles. The third-order valence-corrected chi connectivity index (χ3v) is 4.34. The number of sulfonamides is 1. The minimum atomic E-state index is -3.97. The van der Waals surface area contributed by atoms with Crippen LogP contribution in [0.25, 0.3) is 0 Å². The summed E-state index contributed by atoms with van der Waals surface area (Å²) in [5.41, 5.74) is 5.96. The Morgan fingerprint density at radius 2 is 1.71 bits per heavy atom. The van der Waals surface area contributed by atoms with Crippen LogP contribution in [-0.4, -0.2) is 20.3 Å². The molecule has 0 aliphatic carbocycles. The van der Waals surface area contributed by atoms with Gasteiger partial charge in [-0.2, -0.15) is 0 Å². The first-order valence-corrected chi connectivity index (χ1v) is 8.49. The van der Waals surface area contributed by atoms with Gasteiger partial charge in [0, 0.05) is 5.56 Å². The molecule has 0 atom stereocenters. The van der Waals surface area contributed by atoms with Gasteiger partial charge in [-0.15, -0.1) is 0 Å². The van der Waals surface area contributed by atoms with Crippen LogP contribution in [0.3, 0.4) is 0 Å². The Morgan fingerprint density at radius 1 is 1.08 bits per heavy atom. The predicted octanol–water partition coefficient (Wildman–Crippen LogP) is 1.44. The second kappa shape index (κ2) is 7.00. The van der Waals surface area contributed by atoms with Crippen LogP contribution in [0.4, 0.5) is 0 Å². The van der Waals surface area contributed by atoms with E-state index >= 15 is 0 Å². The van der Waals surface area contributed by atoms with E-state index in [1.165, 1.54) is 24.3 Å². The van der Waals surface area contributed by atoms with Gasteiger partial charge in [0.1, 0.15) is 6.61 Å². The maximum absolute atomic E-state index is 12.1. The summed E-state index contributed by atoms with van der Waals surface area (Å²) in [5.74, 6) is -1.37. The average molecular weight is 369 g/mol. The fourth-order valence-electron chi connectivity index (χ4n) is 1.83. The van der Waals surface area contributed by atoms with Crippen molar-refractivity contribution in [2.24, 2.45) is 10.9 Å². The minimum Gasteiger partial charge on any atom is -0.457 e. The highest BCUT2D eigenvalue weighted by molar-refractivity contribution is 7.89. The molecule has 2 aromatic carbocycles. The van der Waals surface area contributed by atoms with E-state index in [0.29, 0.717) is 11.1 Å². The van der Waals surface area contributed by atoms with Crippen molar-refractivity contribution >= 4 is 33.5 Å². The number of carbonyl (C=O) groups excluding carboxylic acids is 2. The molecule has 126 valence electrons. The van der Waals surface area contributed by atoms with Gasteiger partial charge in [-0.25, -0.2) is 18.4 Å². The van der Waals surface area contributed by atoms with Gasteiger partial charge in [-0.1, -0.05) is 23.7 Å². The number of rotatable bonds is 5. The first-order chi connectivity index (χ1) is 11.2. The molecule has 4 N–H and O–H groups in total. The molecule has 0 saturated carbocycles. The summed E-state index contributed by atoms with van der Waals surface area (Å²) in [6, 6.07) is 9.65. The molecule has 9 heteroatoms. The van der Waals surface area contributed by atoms with E-state index in [4.69, 9.17) is 27.2 Å². The Balaban J connectivity index is 2.14. The molecule has 0 unspecified atom stereocenters. The van der Waals surface area contributed by atoms with E-state index in [9.17, 15) is 18.0 Å². The molecule has 0 radical (unpaired) electrons. The maximum atomic E-state index is 12.1. The highest BCUT2D eigenvalue weighted by Crippen LogP contribution is 2.21. The first kappa shape index (κ1) is 17.9. The molecular weight excluding hydrogens is 356 g/mol. The van der Waals surface area contributed by atoms with Crippen molar-refractivity contribution in [3.8, 4) is 0 Å². The molecule has 1 amide bonds. The quantitative estimate of drug-likeness (QED) is 0.771. The molecule has 2 aromatic rings. The van der Waals surface area contributed by atoms with Crippen molar-refractivity contribution in [2.75, 3.05) is 0 Å². The average Bonchev–Trinajstić information content (AvgIpc) is 2.52. The molecule has 0 aromatic heterocycles. The number of amides is 1. The Kier molecular flexibility index (Phi) is 5.23. The highest BCUT2D eigenvalue weighted by Gasteiger charge is 2.17. The number of primary amides is 1. The Labute approximate surface area is 143 Å². The third kappa shape index (κ3) is 4.31. The zero-order valence-corrected chi connectivity index (χ0v) is 13.8. The van der Waals surface area contributed by atoms with Gasteiger partial charge in [0.2, 0.25) is 15.9 Å². The number of esters is 1. The van der Waals surface area contributed by atoms with Gasteiger partial charge in [0.05, 0.1) is 15.5 Å². The minimum absolute atomic E-state index is 0.0384. The molecule has 0 spiro atoms. The Hall–Kier alpha value is -2.42. The van der Waals surface area contributed by atoms with Crippen LogP contribution >= 0.6 is 11.6 Å². The van der Waals surface area contributed by atoms with Crippen LogP contribution in [0.15, 0.2) is 47.4 Å². The van der Waals surface area contributed by atoms with Crippen molar-refractivity contribution < 1.29 is 22.7 Å². The van der Waals surface area contributed by atoms with Gasteiger partial charge in [-0.05, 0) is 35.9 Å². The first-order valence-electron chi connectivity index (χ1n) is 6.56. The van der Waals surface area contributed by atoms with Gasteiger partial charge >= 0.3 is 5.97 Å². The zero-order chi connectivity index (χ0) is 17.9. The molecule has 0 bridgehead atoms. The normalized spacial score (nSPS) is 11.1. The molecule has 7 nitrogen and oxygen atoms in total. The fraction of sp³-hybridized carbons (Fsp3) is 0.0667. The van der Waals surface area contributed by atoms with E-state index in [1.807, 2.05) is 0 Å². The summed E-state index contributed by atoms with van der Waals surface area (Å²) in [5, 5.41) is 5.06. The second-order valence-electron chi connectivity index (χ2n) is 4.82. The number of ether oxygens (including phenoxy) is 1. The van der Waals surface area contributed by atoms with Crippen molar-refractivity contribution in [3.63, 3.8) is 0 Å². The third-order valence-electron chi connectivity index (χ3n) is 3.09. The monoisotopic (exact) mass is 368 g/mol. The molecule has 0 fully saturated rings. The van der Waals surface area contributed by atoms with Gasteiger partial charge in [-0.3, -0.25) is 4.79 Å². The molecule has 2 rings (SSSR count). The number of carbonyl (C=O) groups is 2. The lowest BCUT2D eigenvalue weighted by molar-refractivity contribution is 0.0472. The topological polar surface area (TPSA) is 130 Å². The number of nitrogens with two attached hydrogens (primary N) is 2. The van der Waals surface area contributed by atoms with Crippen molar-refractivity contribution in [2.45, 2.75) is 11.5 Å². The number of primary sulfonamides is 1. The molecule has 0 heterocycles. The number of benzene rings is 2. The standard InChI is InChI=1S/C15H13ClN2O5S/c16-13-6-5-11(24(18,21)22)7-12(13)15(20)23-8-9-1-3-10(4-2-9)14(17)19/h1-7H,8H2,(H2,17,19)(H2,18,21,22). The van der Waals surface area contributed by atoms with Crippen molar-refractivity contribution in [3.05, 3.63) is 64.2 Å². The molecule has 24 heavy (non-hydrogen) atoms. The lowest BCUT2D eigenvalue weighted by atomic mass is 10.1. The van der Waals surface area contributed by atoms with Gasteiger partial charge in [0.25, 0.3) is 0 Å². The van der Waals surface area contributed by atoms with Crippen LogP contribution in [-0.2, 0) is 21.4 Å². The van der Waals surface area contributed by atoms with Crippen LogP contribution in [0, 0.1) is 0 Å². The van der Waals surface area contributed by atoms with E-state index in [0.717, 1.165) is 6.07 Å². The van der Waals surface area contributed by atoms with Gasteiger partial charge < -0.3 is 10.5 Å². The van der Waals surface area contributed by atoms with Crippen LogP contribution in [0.5, 0.6) is 0 Å². The number of halogens is 1. The van der Waals surface area contributed by atoms with Crippen LogP contribution in [0.1, 0.15) is 26.3 Å². The van der Waals surface area contributed by atoms with E-state index in [1.54, 1.807) is 12.1 Å². The Bertz CT molecular complexity index is 895. The second-order valence-corrected chi connectivity index (χ2v) is 6.79. The van der Waals surface area contributed by atoms with Crippen molar-refractivity contribution in [1.82, 2.24) is 0 Å². The lowest BCUT2D eigenvalue weighted by Crippen LogP contribution is -2.14. The largest absolute Gasteiger partial charge is 0.457 e. The van der Waals surface area contributed by atoms with E-state index in [-0.39, 0.29) is 22.1 Å². The summed E-state index contributed by atoms with van der Waals surface area (Å²) in [6.45, 7) is -0.0895. The van der Waals surface area contributed by atoms with Crippen molar-refractivity contribution in [1.29, 1.82) is 0 Å². The molecular formula is C15H13ClN2O5S. The lowest BCUT2D eigenvalue weighted by Gasteiger charge is -2.08. The number of hydrogen-bond acceptors (Lipinski definition) is 5. The summed E-state index contributed by atoms with van der Waals surface area (Å²) >= 11 is 5.89. The summed E-state index contributed by atoms with van der Waals surface area (Å²) in [6.07, 6.45) is 0. The predicted molar refractivity (Wildman–Crippen MR) is 86.9 cm³/mol. The highest BCUT2D eigenvalue weighted by atomic mass is 35.5. The summed E-state index contributed by atoms with van der Waals surface area (Å²) in [7, 11) is -3.97. The SMILES string of the molecule is NC(=O)c1ccc(COC(=O)c2cc(S(N)(=O)=O)ccc2Cl)cc1. The number of hydrogen-bond donors (Lipinski definition) is 2. The Morgan fingerprint density at radius 3 is 2.25 bits per heavy atom. The van der Waals surface area contributed by atoms with E-state index < -0.39 is 21.9 Å². The smallest absolute Gasteiger partial charge is 0.340 e. The zero-order valence-electron chi connectivity index (χ0n) is 12.2. The van der Waals surface area contributed by atoms with Crippen LogP contribution < -0.4 is 10.9 Å². The molecule has 0 aliphatic heterocycles. The summed E-state index contributed by atoms with van der Waals surface area (Å²) in [4.78, 5) is 22.8. The van der Waals surface area contributed by atoms with Gasteiger partial charge in [0.15, 0.2) is 0 Å².